The summed E-state index contributed by atoms with van der Waals surface area (Å²) in [6, 6.07) is 9.40. The molecule has 0 aromatic heterocycles. The van der Waals surface area contributed by atoms with Gasteiger partial charge in [0.15, 0.2) is 0 Å². The predicted molar refractivity (Wildman–Crippen MR) is 65.8 cm³/mol. The molecular weight excluding hydrogens is 232 g/mol. The second kappa shape index (κ2) is 5.80. The van der Waals surface area contributed by atoms with Crippen molar-refractivity contribution in [2.24, 2.45) is 0 Å². The van der Waals surface area contributed by atoms with Crippen LogP contribution in [0.2, 0.25) is 0 Å². The number of benzene rings is 1. The van der Waals surface area contributed by atoms with Crippen molar-refractivity contribution >= 4 is 5.97 Å². The van der Waals surface area contributed by atoms with Crippen LogP contribution in [0.5, 0.6) is 0 Å². The van der Waals surface area contributed by atoms with Crippen LogP contribution >= 0.6 is 0 Å². The molecule has 4 nitrogen and oxygen atoms in total. The molecule has 0 bridgehead atoms. The van der Waals surface area contributed by atoms with Gasteiger partial charge in [-0.1, -0.05) is 36.4 Å². The van der Waals surface area contributed by atoms with Gasteiger partial charge in [-0.25, -0.2) is 4.79 Å². The van der Waals surface area contributed by atoms with E-state index >= 15 is 0 Å². The Labute approximate surface area is 106 Å². The van der Waals surface area contributed by atoms with Crippen LogP contribution in [0, 0.1) is 0 Å². The predicted octanol–water partition coefficient (Wildman–Crippen LogP) is 1.61. The van der Waals surface area contributed by atoms with Crippen molar-refractivity contribution in [2.45, 2.75) is 24.7 Å². The minimum Gasteiger partial charge on any atom is -0.466 e. The third kappa shape index (κ3) is 3.18. The lowest BCUT2D eigenvalue weighted by Gasteiger charge is -2.06. The van der Waals surface area contributed by atoms with E-state index in [0.29, 0.717) is 6.42 Å². The number of aliphatic hydroxyl groups is 1. The van der Waals surface area contributed by atoms with Gasteiger partial charge in [0.1, 0.15) is 12.2 Å². The van der Waals surface area contributed by atoms with Crippen molar-refractivity contribution in [2.75, 3.05) is 7.11 Å². The third-order valence-electron chi connectivity index (χ3n) is 2.90. The van der Waals surface area contributed by atoms with Crippen LogP contribution in [0.15, 0.2) is 42.5 Å². The summed E-state index contributed by atoms with van der Waals surface area (Å²) in [5, 5.41) is 10.0. The third-order valence-corrected chi connectivity index (χ3v) is 2.90. The molecule has 1 N–H and O–H groups in total. The first-order valence-electron chi connectivity index (χ1n) is 5.85. The summed E-state index contributed by atoms with van der Waals surface area (Å²) < 4.78 is 9.88. The Balaban J connectivity index is 1.81. The van der Waals surface area contributed by atoms with E-state index in [9.17, 15) is 9.90 Å². The van der Waals surface area contributed by atoms with Crippen molar-refractivity contribution in [3.63, 3.8) is 0 Å². The van der Waals surface area contributed by atoms with Gasteiger partial charge in [-0.15, -0.1) is 0 Å². The smallest absolute Gasteiger partial charge is 0.330 e. The van der Waals surface area contributed by atoms with Gasteiger partial charge in [-0.3, -0.25) is 0 Å². The molecule has 1 fully saturated rings. The first-order valence-corrected chi connectivity index (χ1v) is 5.85. The zero-order valence-electron chi connectivity index (χ0n) is 10.2. The summed E-state index contributed by atoms with van der Waals surface area (Å²) in [6.45, 7) is 0. The molecule has 18 heavy (non-hydrogen) atoms. The van der Waals surface area contributed by atoms with Crippen LogP contribution in [0.3, 0.4) is 0 Å². The van der Waals surface area contributed by atoms with Gasteiger partial charge >= 0.3 is 5.97 Å². The topological polar surface area (TPSA) is 59.1 Å². The molecule has 2 rings (SSSR count). The summed E-state index contributed by atoms with van der Waals surface area (Å²) in [4.78, 5) is 10.9. The lowest BCUT2D eigenvalue weighted by atomic mass is 10.0. The van der Waals surface area contributed by atoms with E-state index in [1.807, 2.05) is 30.3 Å². The molecule has 0 saturated carbocycles. The van der Waals surface area contributed by atoms with Crippen LogP contribution in [0.1, 0.15) is 18.1 Å². The maximum atomic E-state index is 10.9. The van der Waals surface area contributed by atoms with Crippen molar-refractivity contribution in [3.8, 4) is 0 Å². The van der Waals surface area contributed by atoms with Gasteiger partial charge in [0.2, 0.25) is 0 Å². The van der Waals surface area contributed by atoms with E-state index in [2.05, 4.69) is 4.74 Å². The average Bonchev–Trinajstić information content (AvgIpc) is 3.18. The van der Waals surface area contributed by atoms with Crippen molar-refractivity contribution in [1.29, 1.82) is 0 Å². The zero-order valence-corrected chi connectivity index (χ0v) is 10.2. The van der Waals surface area contributed by atoms with Gasteiger partial charge in [0.25, 0.3) is 0 Å². The zero-order chi connectivity index (χ0) is 13.0. The van der Waals surface area contributed by atoms with E-state index in [0.717, 1.165) is 5.56 Å². The molecule has 0 aliphatic carbocycles. The number of methoxy groups -OCH3 is 1. The Kier molecular flexibility index (Phi) is 4.12. The lowest BCUT2D eigenvalue weighted by Crippen LogP contribution is -2.07. The SMILES string of the molecule is COC(=O)/C=C\C[C@H]1O[C@@H]1[C@H](O)c1ccccc1. The Bertz CT molecular complexity index is 427. The lowest BCUT2D eigenvalue weighted by molar-refractivity contribution is -0.134. The number of aliphatic hydroxyl groups excluding tert-OH is 1. The van der Waals surface area contributed by atoms with Crippen LogP contribution in [-0.4, -0.2) is 30.4 Å². The van der Waals surface area contributed by atoms with Crippen molar-refractivity contribution < 1.29 is 19.4 Å². The Hall–Kier alpha value is -1.65. The fourth-order valence-corrected chi connectivity index (χ4v) is 1.83. The first kappa shape index (κ1) is 12.8. The Morgan fingerprint density at radius 1 is 1.50 bits per heavy atom. The van der Waals surface area contributed by atoms with E-state index in [4.69, 9.17) is 4.74 Å². The Morgan fingerprint density at radius 3 is 2.89 bits per heavy atom. The van der Waals surface area contributed by atoms with Crippen LogP contribution in [0.4, 0.5) is 0 Å². The highest BCUT2D eigenvalue weighted by atomic mass is 16.6. The molecule has 1 heterocycles. The number of esters is 1. The number of hydrogen-bond acceptors (Lipinski definition) is 4. The van der Waals surface area contributed by atoms with E-state index in [-0.39, 0.29) is 18.2 Å². The minimum absolute atomic E-state index is 0.0267. The molecular formula is C14H16O4. The summed E-state index contributed by atoms with van der Waals surface area (Å²) in [6.07, 6.45) is 2.85. The average molecular weight is 248 g/mol. The summed E-state index contributed by atoms with van der Waals surface area (Å²) in [5.41, 5.74) is 0.849. The molecule has 1 aliphatic rings. The summed E-state index contributed by atoms with van der Waals surface area (Å²) in [7, 11) is 1.34. The highest BCUT2D eigenvalue weighted by Crippen LogP contribution is 2.36. The van der Waals surface area contributed by atoms with Crippen LogP contribution in [-0.2, 0) is 14.3 Å². The maximum Gasteiger partial charge on any atom is 0.330 e. The van der Waals surface area contributed by atoms with Crippen LogP contribution < -0.4 is 0 Å². The number of carbonyl (C=O) groups is 1. The second-order valence-corrected chi connectivity index (χ2v) is 4.16. The van der Waals surface area contributed by atoms with Gasteiger partial charge in [0.05, 0.1) is 13.2 Å². The molecule has 0 spiro atoms. The fourth-order valence-electron chi connectivity index (χ4n) is 1.83. The van der Waals surface area contributed by atoms with E-state index < -0.39 is 6.10 Å². The highest BCUT2D eigenvalue weighted by Gasteiger charge is 2.43. The molecule has 0 radical (unpaired) electrons. The van der Waals surface area contributed by atoms with Gasteiger partial charge in [-0.05, 0) is 12.0 Å². The number of hydrogen-bond donors (Lipinski definition) is 1. The number of ether oxygens (including phenoxy) is 2. The number of rotatable bonds is 5. The second-order valence-electron chi connectivity index (χ2n) is 4.16. The Morgan fingerprint density at radius 2 is 2.22 bits per heavy atom. The largest absolute Gasteiger partial charge is 0.466 e. The molecule has 1 aliphatic heterocycles. The normalized spacial score (nSPS) is 23.9. The van der Waals surface area contributed by atoms with Crippen molar-refractivity contribution in [3.05, 3.63) is 48.0 Å². The maximum absolute atomic E-state index is 10.9. The van der Waals surface area contributed by atoms with Gasteiger partial charge in [-0.2, -0.15) is 0 Å². The fraction of sp³-hybridized carbons (Fsp3) is 0.357. The molecule has 3 atom stereocenters. The monoisotopic (exact) mass is 248 g/mol. The summed E-state index contributed by atoms with van der Waals surface area (Å²) >= 11 is 0. The van der Waals surface area contributed by atoms with Gasteiger partial charge in [0, 0.05) is 6.08 Å². The molecule has 96 valence electrons. The van der Waals surface area contributed by atoms with Gasteiger partial charge < -0.3 is 14.6 Å². The molecule has 0 unspecified atom stereocenters. The highest BCUT2D eigenvalue weighted by molar-refractivity contribution is 5.81. The molecule has 1 aromatic rings. The quantitative estimate of drug-likeness (QED) is 0.488. The number of carbonyl (C=O) groups excluding carboxylic acids is 1. The van der Waals surface area contributed by atoms with E-state index in [1.54, 1.807) is 6.08 Å². The van der Waals surface area contributed by atoms with Crippen LogP contribution in [0.25, 0.3) is 0 Å². The molecule has 1 aromatic carbocycles. The molecule has 4 heteroatoms. The standard InChI is InChI=1S/C14H16O4/c1-17-12(15)9-5-8-11-14(18-11)13(16)10-6-3-2-4-7-10/h2-7,9,11,13-14,16H,8H2,1H3/b9-5-/t11-,13-,14+/m1/s1. The minimum atomic E-state index is -0.609. The molecule has 1 saturated heterocycles. The van der Waals surface area contributed by atoms with E-state index in [1.165, 1.54) is 13.2 Å². The van der Waals surface area contributed by atoms with Crippen molar-refractivity contribution in [1.82, 2.24) is 0 Å². The molecule has 0 amide bonds. The number of epoxide rings is 1. The first-order chi connectivity index (χ1) is 8.72. The summed E-state index contributed by atoms with van der Waals surface area (Å²) in [5.74, 6) is -0.379.